The van der Waals surface area contributed by atoms with Crippen LogP contribution in [0.4, 0.5) is 0 Å². The fourth-order valence-electron chi connectivity index (χ4n) is 1.65. The molecule has 0 amide bonds. The van der Waals surface area contributed by atoms with Gasteiger partial charge in [0.25, 0.3) is 0 Å². The molecule has 4 nitrogen and oxygen atoms in total. The summed E-state index contributed by atoms with van der Waals surface area (Å²) in [7, 11) is 0. The number of aliphatic carboxylic acids is 1. The Kier molecular flexibility index (Phi) is 3.91. The molecule has 18 heavy (non-hydrogen) atoms. The van der Waals surface area contributed by atoms with Crippen molar-refractivity contribution in [2.24, 2.45) is 0 Å². The summed E-state index contributed by atoms with van der Waals surface area (Å²) in [6.07, 6.45) is 2.43. The van der Waals surface area contributed by atoms with Crippen LogP contribution in [0.5, 0.6) is 11.5 Å². The number of rotatable bonds is 2. The zero-order valence-electron chi connectivity index (χ0n) is 9.90. The van der Waals surface area contributed by atoms with Gasteiger partial charge in [-0.2, -0.15) is 0 Å². The molecule has 0 aromatic heterocycles. The van der Waals surface area contributed by atoms with Crippen LogP contribution in [0, 0.1) is 0 Å². The monoisotopic (exact) mass is 312 g/mol. The first-order valence-corrected chi connectivity index (χ1v) is 6.38. The van der Waals surface area contributed by atoms with E-state index in [0.29, 0.717) is 24.7 Å². The maximum Gasteiger partial charge on any atom is 0.331 e. The molecule has 0 saturated heterocycles. The van der Waals surface area contributed by atoms with Gasteiger partial charge in [0.2, 0.25) is 0 Å². The Morgan fingerprint density at radius 3 is 2.83 bits per heavy atom. The first kappa shape index (κ1) is 13.0. The Hall–Kier alpha value is -1.49. The Bertz CT molecular complexity index is 508. The number of halogens is 1. The summed E-state index contributed by atoms with van der Waals surface area (Å²) in [6, 6.07) is 3.61. The molecule has 0 unspecified atom stereocenters. The quantitative estimate of drug-likeness (QED) is 0.853. The minimum Gasteiger partial charge on any atom is -0.489 e. The van der Waals surface area contributed by atoms with Gasteiger partial charge in [0.15, 0.2) is 11.5 Å². The zero-order valence-corrected chi connectivity index (χ0v) is 11.5. The Morgan fingerprint density at radius 2 is 2.11 bits per heavy atom. The summed E-state index contributed by atoms with van der Waals surface area (Å²) in [5.74, 6) is 0.391. The number of carboxylic acids is 1. The highest BCUT2D eigenvalue weighted by molar-refractivity contribution is 9.10. The van der Waals surface area contributed by atoms with Crippen molar-refractivity contribution in [2.45, 2.75) is 13.3 Å². The summed E-state index contributed by atoms with van der Waals surface area (Å²) in [5.41, 5.74) is 1.04. The number of carboxylic acid groups (broad SMARTS) is 1. The van der Waals surface area contributed by atoms with Crippen LogP contribution in [-0.2, 0) is 4.79 Å². The van der Waals surface area contributed by atoms with E-state index in [1.165, 1.54) is 0 Å². The third-order valence-corrected chi connectivity index (χ3v) is 3.13. The zero-order chi connectivity index (χ0) is 13.1. The lowest BCUT2D eigenvalue weighted by Crippen LogP contribution is -1.97. The number of fused-ring (bicyclic) bond motifs is 1. The molecule has 1 heterocycles. The highest BCUT2D eigenvalue weighted by Crippen LogP contribution is 2.38. The van der Waals surface area contributed by atoms with Crippen LogP contribution in [0.2, 0.25) is 0 Å². The normalized spacial score (nSPS) is 15.1. The van der Waals surface area contributed by atoms with Gasteiger partial charge in [0.05, 0.1) is 17.7 Å². The van der Waals surface area contributed by atoms with Crippen LogP contribution in [-0.4, -0.2) is 24.3 Å². The fraction of sp³-hybridized carbons (Fsp3) is 0.308. The minimum absolute atomic E-state index is 0.274. The smallest absolute Gasteiger partial charge is 0.331 e. The third kappa shape index (κ3) is 2.85. The first-order valence-electron chi connectivity index (χ1n) is 5.58. The summed E-state index contributed by atoms with van der Waals surface area (Å²) < 4.78 is 11.9. The van der Waals surface area contributed by atoms with Crippen molar-refractivity contribution in [2.75, 3.05) is 13.2 Å². The summed E-state index contributed by atoms with van der Waals surface area (Å²) in [4.78, 5) is 10.8. The number of carbonyl (C=O) groups is 1. The molecule has 1 aromatic carbocycles. The number of hydrogen-bond acceptors (Lipinski definition) is 3. The molecule has 1 aromatic rings. The molecular weight excluding hydrogens is 300 g/mol. The van der Waals surface area contributed by atoms with Crippen molar-refractivity contribution < 1.29 is 19.4 Å². The van der Waals surface area contributed by atoms with E-state index in [9.17, 15) is 4.79 Å². The van der Waals surface area contributed by atoms with Crippen LogP contribution in [0.3, 0.4) is 0 Å². The lowest BCUT2D eigenvalue weighted by molar-refractivity contribution is -0.132. The topological polar surface area (TPSA) is 55.8 Å². The van der Waals surface area contributed by atoms with Crippen molar-refractivity contribution in [3.05, 3.63) is 27.7 Å². The predicted octanol–water partition coefficient (Wildman–Crippen LogP) is 3.10. The van der Waals surface area contributed by atoms with Gasteiger partial charge in [-0.1, -0.05) is 0 Å². The molecule has 1 aliphatic rings. The molecule has 0 fully saturated rings. The molecule has 0 bridgehead atoms. The fourth-order valence-corrected chi connectivity index (χ4v) is 2.22. The number of benzene rings is 1. The lowest BCUT2D eigenvalue weighted by Gasteiger charge is -2.10. The van der Waals surface area contributed by atoms with Gasteiger partial charge in [0, 0.05) is 12.0 Å². The van der Waals surface area contributed by atoms with E-state index in [0.717, 1.165) is 16.5 Å². The summed E-state index contributed by atoms with van der Waals surface area (Å²) in [5, 5.41) is 8.86. The second kappa shape index (κ2) is 5.44. The van der Waals surface area contributed by atoms with Gasteiger partial charge >= 0.3 is 5.97 Å². The molecule has 0 atom stereocenters. The van der Waals surface area contributed by atoms with Crippen molar-refractivity contribution in [3.8, 4) is 11.5 Å². The molecule has 0 saturated carbocycles. The van der Waals surface area contributed by atoms with Gasteiger partial charge in [-0.3, -0.25) is 0 Å². The summed E-state index contributed by atoms with van der Waals surface area (Å²) in [6.45, 7) is 2.78. The van der Waals surface area contributed by atoms with Gasteiger partial charge in [-0.25, -0.2) is 4.79 Å². The molecule has 0 aliphatic carbocycles. The highest BCUT2D eigenvalue weighted by Gasteiger charge is 2.15. The van der Waals surface area contributed by atoms with Gasteiger partial charge in [-0.15, -0.1) is 0 Å². The maximum absolute atomic E-state index is 10.8. The Labute approximate surface area is 113 Å². The van der Waals surface area contributed by atoms with Gasteiger partial charge in [-0.05, 0) is 46.6 Å². The van der Waals surface area contributed by atoms with E-state index in [-0.39, 0.29) is 5.57 Å². The second-order valence-corrected chi connectivity index (χ2v) is 4.87. The van der Waals surface area contributed by atoms with E-state index in [4.69, 9.17) is 14.6 Å². The van der Waals surface area contributed by atoms with E-state index >= 15 is 0 Å². The van der Waals surface area contributed by atoms with E-state index in [2.05, 4.69) is 15.9 Å². The molecule has 1 aliphatic heterocycles. The van der Waals surface area contributed by atoms with Crippen LogP contribution < -0.4 is 9.47 Å². The average molecular weight is 313 g/mol. The molecule has 0 spiro atoms. The predicted molar refractivity (Wildman–Crippen MR) is 71.0 cm³/mol. The largest absolute Gasteiger partial charge is 0.489 e. The van der Waals surface area contributed by atoms with Crippen LogP contribution in [0.1, 0.15) is 18.9 Å². The molecule has 1 N–H and O–H groups in total. The third-order valence-electron chi connectivity index (χ3n) is 2.55. The van der Waals surface area contributed by atoms with Crippen LogP contribution in [0.15, 0.2) is 22.2 Å². The van der Waals surface area contributed by atoms with Crippen LogP contribution >= 0.6 is 15.9 Å². The average Bonchev–Trinajstić information content (AvgIpc) is 2.54. The Morgan fingerprint density at radius 1 is 1.39 bits per heavy atom. The molecule has 2 rings (SSSR count). The molecule has 96 valence electrons. The van der Waals surface area contributed by atoms with Crippen molar-refractivity contribution in [1.29, 1.82) is 0 Å². The highest BCUT2D eigenvalue weighted by atomic mass is 79.9. The van der Waals surface area contributed by atoms with Crippen LogP contribution in [0.25, 0.3) is 6.08 Å². The first-order chi connectivity index (χ1) is 8.58. The standard InChI is InChI=1S/C13H13BrO4/c1-8(13(15)16)5-9-6-10(14)12-11(7-9)17-3-2-4-18-12/h5-7H,2-4H2,1H3,(H,15,16). The minimum atomic E-state index is -0.932. The van der Waals surface area contributed by atoms with Crippen molar-refractivity contribution in [1.82, 2.24) is 0 Å². The molecule has 5 heteroatoms. The van der Waals surface area contributed by atoms with E-state index in [1.807, 2.05) is 6.07 Å². The molecule has 0 radical (unpaired) electrons. The van der Waals surface area contributed by atoms with Gasteiger partial charge in [0.1, 0.15) is 0 Å². The molecular formula is C13H13BrO4. The van der Waals surface area contributed by atoms with E-state index < -0.39 is 5.97 Å². The number of hydrogen-bond donors (Lipinski definition) is 1. The Balaban J connectivity index is 2.40. The number of ether oxygens (including phenoxy) is 2. The lowest BCUT2D eigenvalue weighted by atomic mass is 10.1. The summed E-state index contributed by atoms with van der Waals surface area (Å²) >= 11 is 3.41. The van der Waals surface area contributed by atoms with Crippen molar-refractivity contribution in [3.63, 3.8) is 0 Å². The van der Waals surface area contributed by atoms with Crippen molar-refractivity contribution >= 4 is 28.0 Å². The van der Waals surface area contributed by atoms with Gasteiger partial charge < -0.3 is 14.6 Å². The van der Waals surface area contributed by atoms with E-state index in [1.54, 1.807) is 19.1 Å². The maximum atomic E-state index is 10.8. The SMILES string of the molecule is CC(=Cc1cc(Br)c2c(c1)OCCCO2)C(=O)O. The second-order valence-electron chi connectivity index (χ2n) is 4.01.